The molecule has 0 saturated carbocycles. The molecule has 0 bridgehead atoms. The highest BCUT2D eigenvalue weighted by Gasteiger charge is 2.20. The van der Waals surface area contributed by atoms with Crippen molar-refractivity contribution in [2.75, 3.05) is 6.61 Å². The molecule has 0 aliphatic rings. The van der Waals surface area contributed by atoms with Crippen LogP contribution in [0.25, 0.3) is 0 Å². The molecule has 2 rings (SSSR count). The van der Waals surface area contributed by atoms with Crippen LogP contribution in [0.4, 0.5) is 5.69 Å². The van der Waals surface area contributed by atoms with Crippen LogP contribution in [-0.4, -0.2) is 23.4 Å². The van der Waals surface area contributed by atoms with Crippen LogP contribution in [0.5, 0.6) is 0 Å². The van der Waals surface area contributed by atoms with Crippen LogP contribution in [0.2, 0.25) is 0 Å². The van der Waals surface area contributed by atoms with Gasteiger partial charge in [-0.3, -0.25) is 14.9 Å². The van der Waals surface area contributed by atoms with Gasteiger partial charge in [-0.2, -0.15) is 0 Å². The molecule has 1 N–H and O–H groups in total. The molecule has 1 aromatic heterocycles. The maximum absolute atomic E-state index is 12.0. The van der Waals surface area contributed by atoms with E-state index in [4.69, 9.17) is 9.15 Å². The fourth-order valence-corrected chi connectivity index (χ4v) is 2.14. The van der Waals surface area contributed by atoms with Crippen molar-refractivity contribution < 1.29 is 23.7 Å². The van der Waals surface area contributed by atoms with Crippen molar-refractivity contribution in [1.82, 2.24) is 5.32 Å². The van der Waals surface area contributed by atoms with Crippen molar-refractivity contribution in [3.63, 3.8) is 0 Å². The highest BCUT2D eigenvalue weighted by molar-refractivity contribution is 5.93. The summed E-state index contributed by atoms with van der Waals surface area (Å²) in [4.78, 5) is 34.1. The average molecular weight is 332 g/mol. The number of furan rings is 1. The zero-order valence-electron chi connectivity index (χ0n) is 13.1. The second-order valence-electron chi connectivity index (χ2n) is 5.09. The number of nitrogens with zero attached hydrogens (tertiary/aromatic N) is 1. The third kappa shape index (κ3) is 3.97. The number of amides is 1. The molecule has 0 aliphatic carbocycles. The number of nitro benzene ring substituents is 1. The molecule has 8 nitrogen and oxygen atoms in total. The minimum absolute atomic E-state index is 0.0519. The Morgan fingerprint density at radius 2 is 2.08 bits per heavy atom. The predicted octanol–water partition coefficient (Wildman–Crippen LogP) is 2.53. The summed E-state index contributed by atoms with van der Waals surface area (Å²) < 4.78 is 10.1. The van der Waals surface area contributed by atoms with Gasteiger partial charge in [0.25, 0.3) is 11.6 Å². The van der Waals surface area contributed by atoms with E-state index < -0.39 is 23.4 Å². The van der Waals surface area contributed by atoms with Crippen LogP contribution >= 0.6 is 0 Å². The lowest BCUT2D eigenvalue weighted by molar-refractivity contribution is -0.385. The van der Waals surface area contributed by atoms with Gasteiger partial charge >= 0.3 is 5.97 Å². The van der Waals surface area contributed by atoms with Crippen molar-refractivity contribution in [2.24, 2.45) is 0 Å². The molecule has 0 saturated heterocycles. The highest BCUT2D eigenvalue weighted by Crippen LogP contribution is 2.21. The summed E-state index contributed by atoms with van der Waals surface area (Å²) in [7, 11) is 0. The van der Waals surface area contributed by atoms with Crippen molar-refractivity contribution >= 4 is 17.6 Å². The number of hydrogen-bond donors (Lipinski definition) is 1. The fourth-order valence-electron chi connectivity index (χ4n) is 2.14. The molecular formula is C16H16N2O6. The molecule has 8 heteroatoms. The maximum atomic E-state index is 12.0. The number of hydrogen-bond acceptors (Lipinski definition) is 6. The van der Waals surface area contributed by atoms with E-state index in [9.17, 15) is 19.7 Å². The maximum Gasteiger partial charge on any atom is 0.339 e. The Morgan fingerprint density at radius 3 is 2.71 bits per heavy atom. The number of carbonyl (C=O) groups excluding carboxylic acids is 2. The second kappa shape index (κ2) is 7.40. The van der Waals surface area contributed by atoms with E-state index in [0.717, 1.165) is 0 Å². The van der Waals surface area contributed by atoms with Gasteiger partial charge < -0.3 is 14.5 Å². The molecule has 1 atom stereocenters. The topological polar surface area (TPSA) is 112 Å². The fraction of sp³-hybridized carbons (Fsp3) is 0.250. The van der Waals surface area contributed by atoms with Crippen LogP contribution in [0.3, 0.4) is 0 Å². The van der Waals surface area contributed by atoms with Gasteiger partial charge in [-0.25, -0.2) is 4.79 Å². The van der Waals surface area contributed by atoms with Crippen LogP contribution < -0.4 is 5.32 Å². The largest absolute Gasteiger partial charge is 0.467 e. The number of rotatable bonds is 6. The lowest BCUT2D eigenvalue weighted by atomic mass is 10.1. The molecule has 1 heterocycles. The minimum atomic E-state index is -0.794. The molecule has 0 aliphatic heterocycles. The van der Waals surface area contributed by atoms with Gasteiger partial charge in [-0.1, -0.05) is 6.07 Å². The van der Waals surface area contributed by atoms with Crippen LogP contribution in [0.1, 0.15) is 34.6 Å². The van der Waals surface area contributed by atoms with E-state index in [1.807, 2.05) is 0 Å². The minimum Gasteiger partial charge on any atom is -0.467 e. The Morgan fingerprint density at radius 1 is 1.33 bits per heavy atom. The van der Waals surface area contributed by atoms with Gasteiger partial charge in [-0.15, -0.1) is 0 Å². The Bertz CT molecular complexity index is 754. The smallest absolute Gasteiger partial charge is 0.339 e. The Balaban J connectivity index is 1.95. The lowest BCUT2D eigenvalue weighted by Gasteiger charge is -2.12. The van der Waals surface area contributed by atoms with Gasteiger partial charge in [0.2, 0.25) is 0 Å². The SMILES string of the molecule is Cc1c(C(=O)OCC(=O)N[C@H](C)c2ccco2)cccc1[N+](=O)[O-]. The van der Waals surface area contributed by atoms with Crippen LogP contribution in [-0.2, 0) is 9.53 Å². The first-order valence-electron chi connectivity index (χ1n) is 7.14. The summed E-state index contributed by atoms with van der Waals surface area (Å²) in [6.45, 7) is 2.68. The first-order chi connectivity index (χ1) is 11.4. The molecule has 24 heavy (non-hydrogen) atoms. The van der Waals surface area contributed by atoms with Crippen molar-refractivity contribution in [3.8, 4) is 0 Å². The van der Waals surface area contributed by atoms with Gasteiger partial charge in [0, 0.05) is 11.6 Å². The molecule has 0 radical (unpaired) electrons. The summed E-state index contributed by atoms with van der Waals surface area (Å²) in [5.74, 6) is -0.725. The number of nitrogens with one attached hydrogen (secondary N) is 1. The summed E-state index contributed by atoms with van der Waals surface area (Å²) >= 11 is 0. The molecule has 0 spiro atoms. The van der Waals surface area contributed by atoms with Crippen LogP contribution in [0, 0.1) is 17.0 Å². The monoisotopic (exact) mass is 332 g/mol. The third-order valence-electron chi connectivity index (χ3n) is 3.40. The van der Waals surface area contributed by atoms with Crippen molar-refractivity contribution in [1.29, 1.82) is 0 Å². The first kappa shape index (κ1) is 17.2. The number of nitro groups is 1. The summed E-state index contributed by atoms with van der Waals surface area (Å²) in [5, 5.41) is 13.5. The number of esters is 1. The Labute approximate surface area is 137 Å². The van der Waals surface area contributed by atoms with Crippen molar-refractivity contribution in [2.45, 2.75) is 19.9 Å². The zero-order chi connectivity index (χ0) is 17.7. The summed E-state index contributed by atoms with van der Waals surface area (Å²) in [6.07, 6.45) is 1.49. The van der Waals surface area contributed by atoms with E-state index in [-0.39, 0.29) is 22.9 Å². The normalized spacial score (nSPS) is 11.6. The average Bonchev–Trinajstić information content (AvgIpc) is 3.07. The second-order valence-corrected chi connectivity index (χ2v) is 5.09. The summed E-state index contributed by atoms with van der Waals surface area (Å²) in [5.41, 5.74) is 0.0632. The molecule has 0 fully saturated rings. The molecule has 126 valence electrons. The first-order valence-corrected chi connectivity index (χ1v) is 7.14. The standard InChI is InChI=1S/C16H16N2O6/c1-10-12(5-3-6-13(10)18(21)22)16(20)24-9-15(19)17-11(2)14-7-4-8-23-14/h3-8,11H,9H2,1-2H3,(H,17,19)/t11-/m1/s1. The third-order valence-corrected chi connectivity index (χ3v) is 3.40. The molecule has 1 aromatic carbocycles. The van der Waals surface area contributed by atoms with Gasteiger partial charge in [0.05, 0.1) is 22.8 Å². The van der Waals surface area contributed by atoms with E-state index >= 15 is 0 Å². The molecule has 0 unspecified atom stereocenters. The van der Waals surface area contributed by atoms with Gasteiger partial charge in [0.15, 0.2) is 6.61 Å². The van der Waals surface area contributed by atoms with E-state index in [2.05, 4.69) is 5.32 Å². The van der Waals surface area contributed by atoms with Crippen LogP contribution in [0.15, 0.2) is 41.0 Å². The number of benzene rings is 1. The van der Waals surface area contributed by atoms with Crippen molar-refractivity contribution in [3.05, 3.63) is 63.6 Å². The van der Waals surface area contributed by atoms with Gasteiger partial charge in [0.1, 0.15) is 5.76 Å². The highest BCUT2D eigenvalue weighted by atomic mass is 16.6. The predicted molar refractivity (Wildman–Crippen MR) is 83.4 cm³/mol. The number of ether oxygens (including phenoxy) is 1. The Hall–Kier alpha value is -3.16. The van der Waals surface area contributed by atoms with E-state index in [1.165, 1.54) is 31.4 Å². The quantitative estimate of drug-likeness (QED) is 0.494. The Kier molecular flexibility index (Phi) is 5.31. The zero-order valence-corrected chi connectivity index (χ0v) is 13.1. The van der Waals surface area contributed by atoms with Gasteiger partial charge in [-0.05, 0) is 32.0 Å². The van der Waals surface area contributed by atoms with E-state index in [1.54, 1.807) is 19.1 Å². The summed E-state index contributed by atoms with van der Waals surface area (Å²) in [6, 6.07) is 7.14. The lowest BCUT2D eigenvalue weighted by Crippen LogP contribution is -2.31. The molecule has 2 aromatic rings. The molecular weight excluding hydrogens is 316 g/mol. The van der Waals surface area contributed by atoms with E-state index in [0.29, 0.717) is 5.76 Å². The molecule has 1 amide bonds. The number of carbonyl (C=O) groups is 2.